The maximum atomic E-state index is 12.9. The van der Waals surface area contributed by atoms with E-state index in [1.54, 1.807) is 30.5 Å². The molecular weight excluding hydrogens is 526 g/mol. The summed E-state index contributed by atoms with van der Waals surface area (Å²) in [6.07, 6.45) is 7.28. The summed E-state index contributed by atoms with van der Waals surface area (Å²) in [5.41, 5.74) is 11.0. The highest BCUT2D eigenvalue weighted by Gasteiger charge is 2.37. The lowest BCUT2D eigenvalue weighted by molar-refractivity contribution is 0.0614. The number of anilines is 1. The summed E-state index contributed by atoms with van der Waals surface area (Å²) in [6.45, 7) is 0.937. The van der Waals surface area contributed by atoms with Gasteiger partial charge >= 0.3 is 0 Å². The molecule has 0 bridgehead atoms. The number of nitrogens with zero attached hydrogens (tertiary/aromatic N) is 4. The van der Waals surface area contributed by atoms with Crippen LogP contribution in [0.5, 0.6) is 5.75 Å². The molecule has 0 atom stereocenters. The van der Waals surface area contributed by atoms with Crippen molar-refractivity contribution in [3.8, 4) is 17.0 Å². The Morgan fingerprint density at radius 2 is 1.57 bits per heavy atom. The Morgan fingerprint density at radius 1 is 0.857 bits per heavy atom. The normalized spacial score (nSPS) is 18.4. The van der Waals surface area contributed by atoms with Crippen LogP contribution in [0.2, 0.25) is 0 Å². The quantitative estimate of drug-likeness (QED) is 0.242. The summed E-state index contributed by atoms with van der Waals surface area (Å²) in [5.74, 6) is 2.28. The van der Waals surface area contributed by atoms with Crippen molar-refractivity contribution in [1.82, 2.24) is 19.3 Å². The number of rotatable bonds is 7. The summed E-state index contributed by atoms with van der Waals surface area (Å²) in [5, 5.41) is 0. The van der Waals surface area contributed by atoms with Crippen molar-refractivity contribution >= 4 is 23.1 Å². The number of carbonyl (C=O) groups excluding carboxylic acids is 2. The molecule has 0 saturated heterocycles. The van der Waals surface area contributed by atoms with Gasteiger partial charge < -0.3 is 10.5 Å². The first kappa shape index (κ1) is 26.0. The van der Waals surface area contributed by atoms with E-state index >= 15 is 0 Å². The van der Waals surface area contributed by atoms with Crippen LogP contribution in [-0.4, -0.2) is 37.6 Å². The number of imidazole rings is 1. The number of amides is 2. The molecule has 1 saturated carbocycles. The third-order valence-electron chi connectivity index (χ3n) is 8.50. The minimum absolute atomic E-state index is 0.181. The first-order chi connectivity index (χ1) is 20.6. The summed E-state index contributed by atoms with van der Waals surface area (Å²) < 4.78 is 8.16. The molecule has 8 heteroatoms. The Labute approximate surface area is 243 Å². The molecule has 5 aromatic rings. The summed E-state index contributed by atoms with van der Waals surface area (Å²) in [4.78, 5) is 36.7. The molecule has 0 spiro atoms. The highest BCUT2D eigenvalue weighted by molar-refractivity contribution is 6.21. The monoisotopic (exact) mass is 557 g/mol. The van der Waals surface area contributed by atoms with Crippen LogP contribution in [0.15, 0.2) is 91.3 Å². The number of hydrogen-bond donors (Lipinski definition) is 1. The van der Waals surface area contributed by atoms with Gasteiger partial charge in [-0.2, -0.15) is 0 Å². The van der Waals surface area contributed by atoms with Crippen LogP contribution in [-0.2, 0) is 6.61 Å². The van der Waals surface area contributed by atoms with Crippen LogP contribution in [0.1, 0.15) is 63.7 Å². The van der Waals surface area contributed by atoms with Gasteiger partial charge in [0.1, 0.15) is 35.2 Å². The number of fused-ring (bicyclic) bond motifs is 2. The third kappa shape index (κ3) is 4.68. The zero-order valence-electron chi connectivity index (χ0n) is 23.1. The Balaban J connectivity index is 1.10. The molecule has 2 aromatic heterocycles. The van der Waals surface area contributed by atoms with Gasteiger partial charge in [0.15, 0.2) is 0 Å². The number of ether oxygens (including phenoxy) is 1. The van der Waals surface area contributed by atoms with E-state index in [0.29, 0.717) is 30.1 Å². The van der Waals surface area contributed by atoms with Crippen molar-refractivity contribution in [2.24, 2.45) is 5.92 Å². The second kappa shape index (κ2) is 10.8. The fraction of sp³-hybridized carbons (Fsp3) is 0.235. The average Bonchev–Trinajstić information content (AvgIpc) is 3.54. The van der Waals surface area contributed by atoms with Gasteiger partial charge in [-0.3, -0.25) is 18.9 Å². The number of carbonyl (C=O) groups is 2. The van der Waals surface area contributed by atoms with Gasteiger partial charge in [-0.1, -0.05) is 54.6 Å². The molecular formula is C34H31N5O3. The third-order valence-corrected chi connectivity index (χ3v) is 8.50. The Morgan fingerprint density at radius 3 is 2.31 bits per heavy atom. The van der Waals surface area contributed by atoms with E-state index in [-0.39, 0.29) is 23.7 Å². The van der Waals surface area contributed by atoms with Crippen molar-refractivity contribution < 1.29 is 14.3 Å². The lowest BCUT2D eigenvalue weighted by Gasteiger charge is -2.30. The molecule has 0 radical (unpaired) electrons. The first-order valence-electron chi connectivity index (χ1n) is 14.4. The van der Waals surface area contributed by atoms with Gasteiger partial charge in [-0.25, -0.2) is 9.97 Å². The number of nitrogen functional groups attached to an aromatic ring is 1. The summed E-state index contributed by atoms with van der Waals surface area (Å²) in [6, 6.07) is 25.1. The van der Waals surface area contributed by atoms with E-state index in [4.69, 9.17) is 15.5 Å². The van der Waals surface area contributed by atoms with Gasteiger partial charge in [-0.15, -0.1) is 0 Å². The SMILES string of the molecule is Nc1nccn2c1c(-c1cccc(OCc3ccccc3)c1)nc2[C@H]1CC[C@H](CN2C(=O)c3ccccc3C2=O)CC1. The maximum Gasteiger partial charge on any atom is 0.261 e. The molecule has 42 heavy (non-hydrogen) atoms. The predicted molar refractivity (Wildman–Crippen MR) is 160 cm³/mol. The van der Waals surface area contributed by atoms with Gasteiger partial charge in [0.25, 0.3) is 11.8 Å². The maximum absolute atomic E-state index is 12.9. The topological polar surface area (TPSA) is 103 Å². The van der Waals surface area contributed by atoms with E-state index in [0.717, 1.165) is 59.6 Å². The largest absolute Gasteiger partial charge is 0.489 e. The Bertz CT molecular complexity index is 1760. The fourth-order valence-electron chi connectivity index (χ4n) is 6.32. The van der Waals surface area contributed by atoms with E-state index < -0.39 is 0 Å². The van der Waals surface area contributed by atoms with E-state index in [9.17, 15) is 9.59 Å². The highest BCUT2D eigenvalue weighted by Crippen LogP contribution is 2.40. The van der Waals surface area contributed by atoms with E-state index in [1.165, 1.54) is 4.90 Å². The van der Waals surface area contributed by atoms with Crippen molar-refractivity contribution in [3.05, 3.63) is 114 Å². The number of benzene rings is 3. The van der Waals surface area contributed by atoms with E-state index in [2.05, 4.69) is 9.38 Å². The molecule has 1 aliphatic carbocycles. The van der Waals surface area contributed by atoms with Crippen LogP contribution in [0.25, 0.3) is 16.8 Å². The molecule has 0 unspecified atom stereocenters. The molecule has 2 amide bonds. The van der Waals surface area contributed by atoms with Crippen LogP contribution >= 0.6 is 0 Å². The fourth-order valence-corrected chi connectivity index (χ4v) is 6.32. The summed E-state index contributed by atoms with van der Waals surface area (Å²) >= 11 is 0. The zero-order valence-corrected chi connectivity index (χ0v) is 23.1. The first-order valence-corrected chi connectivity index (χ1v) is 14.4. The van der Waals surface area contributed by atoms with Crippen molar-refractivity contribution in [3.63, 3.8) is 0 Å². The van der Waals surface area contributed by atoms with Crippen LogP contribution in [0.3, 0.4) is 0 Å². The van der Waals surface area contributed by atoms with E-state index in [1.807, 2.05) is 60.8 Å². The molecule has 8 nitrogen and oxygen atoms in total. The average molecular weight is 558 g/mol. The lowest BCUT2D eigenvalue weighted by atomic mass is 9.81. The molecule has 3 heterocycles. The minimum atomic E-state index is -0.181. The van der Waals surface area contributed by atoms with Gasteiger partial charge in [0, 0.05) is 30.4 Å². The smallest absolute Gasteiger partial charge is 0.261 e. The molecule has 210 valence electrons. The molecule has 1 aliphatic heterocycles. The zero-order chi connectivity index (χ0) is 28.6. The molecule has 2 aliphatic rings. The van der Waals surface area contributed by atoms with Gasteiger partial charge in [0.05, 0.1) is 11.1 Å². The van der Waals surface area contributed by atoms with Crippen molar-refractivity contribution in [2.45, 2.75) is 38.2 Å². The highest BCUT2D eigenvalue weighted by atomic mass is 16.5. The predicted octanol–water partition coefficient (Wildman–Crippen LogP) is 6.13. The molecule has 7 rings (SSSR count). The second-order valence-electron chi connectivity index (χ2n) is 11.1. The Kier molecular flexibility index (Phi) is 6.66. The Hall–Kier alpha value is -4.98. The minimum Gasteiger partial charge on any atom is -0.489 e. The second-order valence-corrected chi connectivity index (χ2v) is 11.1. The van der Waals surface area contributed by atoms with Crippen molar-refractivity contribution in [1.29, 1.82) is 0 Å². The summed E-state index contributed by atoms with van der Waals surface area (Å²) in [7, 11) is 0. The van der Waals surface area contributed by atoms with Crippen molar-refractivity contribution in [2.75, 3.05) is 12.3 Å². The number of hydrogen-bond acceptors (Lipinski definition) is 6. The number of imide groups is 1. The molecule has 2 N–H and O–H groups in total. The van der Waals surface area contributed by atoms with Crippen LogP contribution in [0, 0.1) is 5.92 Å². The van der Waals surface area contributed by atoms with Crippen LogP contribution < -0.4 is 10.5 Å². The number of nitrogens with two attached hydrogens (primary N) is 1. The lowest BCUT2D eigenvalue weighted by Crippen LogP contribution is -2.35. The number of aromatic nitrogens is 3. The standard InChI is InChI=1S/C34H31N5O3/c35-31-30-29(25-9-6-10-26(19-25)42-21-23-7-2-1-3-8-23)37-32(38(30)18-17-36-31)24-15-13-22(14-16-24)20-39-33(40)27-11-4-5-12-28(27)34(39)41/h1-12,17-19,22,24H,13-16,20-21H2,(H2,35,36)/t22-,24-. The molecule has 1 fully saturated rings. The molecule has 3 aromatic carbocycles. The van der Waals surface area contributed by atoms with Crippen LogP contribution in [0.4, 0.5) is 5.82 Å². The van der Waals surface area contributed by atoms with Gasteiger partial charge in [0.2, 0.25) is 0 Å². The van der Waals surface area contributed by atoms with Gasteiger partial charge in [-0.05, 0) is 61.4 Å².